The molecule has 0 aromatic heterocycles. The summed E-state index contributed by atoms with van der Waals surface area (Å²) in [6.07, 6.45) is 1.93. The van der Waals surface area contributed by atoms with E-state index in [0.29, 0.717) is 17.5 Å². The zero-order valence-corrected chi connectivity index (χ0v) is 12.3. The van der Waals surface area contributed by atoms with Crippen molar-refractivity contribution in [3.63, 3.8) is 0 Å². The van der Waals surface area contributed by atoms with Crippen LogP contribution < -0.4 is 10.2 Å². The number of ether oxygens (including phenoxy) is 1. The van der Waals surface area contributed by atoms with Gasteiger partial charge in [-0.3, -0.25) is 4.90 Å². The van der Waals surface area contributed by atoms with Crippen LogP contribution in [0, 0.1) is 5.92 Å². The summed E-state index contributed by atoms with van der Waals surface area (Å²) in [5.74, 6) is 0.374. The van der Waals surface area contributed by atoms with Crippen LogP contribution >= 0.6 is 11.6 Å². The van der Waals surface area contributed by atoms with Crippen molar-refractivity contribution in [3.05, 3.63) is 29.3 Å². The van der Waals surface area contributed by atoms with Crippen molar-refractivity contribution in [2.24, 2.45) is 5.92 Å². The van der Waals surface area contributed by atoms with Crippen molar-refractivity contribution in [1.29, 1.82) is 0 Å². The Kier molecular flexibility index (Phi) is 3.61. The second kappa shape index (κ2) is 5.26. The Balaban J connectivity index is 1.97. The Labute approximate surface area is 124 Å². The molecule has 1 aromatic carbocycles. The predicted octanol–water partition coefficient (Wildman–Crippen LogP) is 3.05. The lowest BCUT2D eigenvalue weighted by atomic mass is 9.80. The summed E-state index contributed by atoms with van der Waals surface area (Å²) < 4.78 is 5.34. The Bertz CT molecular complexity index is 516. The maximum absolute atomic E-state index is 12.2. The lowest BCUT2D eigenvalue weighted by molar-refractivity contribution is 0.157. The molecule has 0 spiro atoms. The monoisotopic (exact) mass is 294 g/mol. The number of halogens is 1. The summed E-state index contributed by atoms with van der Waals surface area (Å²) in [6, 6.07) is 7.45. The first-order valence-electron chi connectivity index (χ1n) is 7.05. The zero-order valence-electron chi connectivity index (χ0n) is 11.6. The van der Waals surface area contributed by atoms with Gasteiger partial charge in [0, 0.05) is 6.54 Å². The standard InChI is InChI=1S/C15H19ClN2O2/c1-15(11-5-4-8-17-9-11)10-20-14(19)18(15)13-7-3-2-6-12(13)16/h2-3,6-7,11,17H,4-5,8-10H2,1H3. The summed E-state index contributed by atoms with van der Waals surface area (Å²) in [5.41, 5.74) is 0.403. The first-order valence-corrected chi connectivity index (χ1v) is 7.43. The minimum atomic E-state index is -0.338. The van der Waals surface area contributed by atoms with E-state index in [1.54, 1.807) is 4.90 Å². The lowest BCUT2D eigenvalue weighted by Crippen LogP contribution is -2.55. The Morgan fingerprint density at radius 1 is 1.45 bits per heavy atom. The largest absolute Gasteiger partial charge is 0.447 e. The lowest BCUT2D eigenvalue weighted by Gasteiger charge is -2.41. The van der Waals surface area contributed by atoms with Crippen molar-refractivity contribution < 1.29 is 9.53 Å². The highest BCUT2D eigenvalue weighted by atomic mass is 35.5. The van der Waals surface area contributed by atoms with Gasteiger partial charge in [-0.2, -0.15) is 0 Å². The van der Waals surface area contributed by atoms with Gasteiger partial charge in [0.05, 0.1) is 16.2 Å². The molecule has 1 N–H and O–H groups in total. The number of hydrogen-bond donors (Lipinski definition) is 1. The molecule has 20 heavy (non-hydrogen) atoms. The van der Waals surface area contributed by atoms with Crippen LogP contribution in [0.25, 0.3) is 0 Å². The van der Waals surface area contributed by atoms with E-state index >= 15 is 0 Å². The third kappa shape index (κ3) is 2.17. The second-order valence-corrected chi connectivity index (χ2v) is 6.15. The molecule has 5 heteroatoms. The van der Waals surface area contributed by atoms with Gasteiger partial charge in [-0.15, -0.1) is 0 Å². The summed E-state index contributed by atoms with van der Waals surface area (Å²) in [5, 5.41) is 4.00. The minimum Gasteiger partial charge on any atom is -0.447 e. The molecule has 2 fully saturated rings. The Hall–Kier alpha value is -1.26. The van der Waals surface area contributed by atoms with Gasteiger partial charge < -0.3 is 10.1 Å². The van der Waals surface area contributed by atoms with Crippen LogP contribution in [-0.4, -0.2) is 31.3 Å². The fourth-order valence-corrected chi connectivity index (χ4v) is 3.46. The molecule has 108 valence electrons. The molecule has 0 radical (unpaired) electrons. The molecule has 2 saturated heterocycles. The predicted molar refractivity (Wildman–Crippen MR) is 79.3 cm³/mol. The first kappa shape index (κ1) is 13.7. The summed E-state index contributed by atoms with van der Waals surface area (Å²) in [6.45, 7) is 4.48. The molecular formula is C15H19ClN2O2. The number of carbonyl (C=O) groups excluding carboxylic acids is 1. The van der Waals surface area contributed by atoms with Gasteiger partial charge in [-0.25, -0.2) is 4.79 Å². The van der Waals surface area contributed by atoms with E-state index in [4.69, 9.17) is 16.3 Å². The zero-order chi connectivity index (χ0) is 14.2. The molecule has 2 atom stereocenters. The number of cyclic esters (lactones) is 1. The first-order chi connectivity index (χ1) is 9.63. The highest BCUT2D eigenvalue weighted by Crippen LogP contribution is 2.41. The molecule has 3 rings (SSSR count). The molecule has 2 unspecified atom stereocenters. The van der Waals surface area contributed by atoms with Gasteiger partial charge in [-0.05, 0) is 44.4 Å². The molecule has 2 heterocycles. The Morgan fingerprint density at radius 3 is 2.95 bits per heavy atom. The van der Waals surface area contributed by atoms with E-state index in [2.05, 4.69) is 12.2 Å². The molecular weight excluding hydrogens is 276 g/mol. The third-order valence-corrected chi connectivity index (χ3v) is 4.77. The van der Waals surface area contributed by atoms with Crippen LogP contribution in [0.2, 0.25) is 5.02 Å². The van der Waals surface area contributed by atoms with Crippen molar-refractivity contribution in [2.75, 3.05) is 24.6 Å². The number of amides is 1. The number of nitrogens with one attached hydrogen (secondary N) is 1. The number of carbonyl (C=O) groups is 1. The maximum Gasteiger partial charge on any atom is 0.415 e. The van der Waals surface area contributed by atoms with Crippen LogP contribution in [0.3, 0.4) is 0 Å². The quantitative estimate of drug-likeness (QED) is 0.911. The smallest absolute Gasteiger partial charge is 0.415 e. The van der Waals surface area contributed by atoms with E-state index in [-0.39, 0.29) is 11.6 Å². The number of para-hydroxylation sites is 1. The number of anilines is 1. The molecule has 1 aromatic rings. The second-order valence-electron chi connectivity index (χ2n) is 5.74. The fraction of sp³-hybridized carbons (Fsp3) is 0.533. The number of benzene rings is 1. The molecule has 0 aliphatic carbocycles. The molecule has 2 aliphatic heterocycles. The molecule has 0 bridgehead atoms. The molecule has 2 aliphatic rings. The van der Waals surface area contributed by atoms with Crippen molar-refractivity contribution in [2.45, 2.75) is 25.3 Å². The van der Waals surface area contributed by atoms with E-state index in [0.717, 1.165) is 31.6 Å². The van der Waals surface area contributed by atoms with Gasteiger partial charge in [0.25, 0.3) is 0 Å². The van der Waals surface area contributed by atoms with Crippen LogP contribution in [-0.2, 0) is 4.74 Å². The van der Waals surface area contributed by atoms with Crippen LogP contribution in [0.4, 0.5) is 10.5 Å². The van der Waals surface area contributed by atoms with Crippen LogP contribution in [0.1, 0.15) is 19.8 Å². The average Bonchev–Trinajstić information content (AvgIpc) is 2.78. The number of hydrogen-bond acceptors (Lipinski definition) is 3. The highest BCUT2D eigenvalue weighted by molar-refractivity contribution is 6.33. The summed E-state index contributed by atoms with van der Waals surface area (Å²) in [4.78, 5) is 14.0. The van der Waals surface area contributed by atoms with Gasteiger partial charge in [0.15, 0.2) is 0 Å². The topological polar surface area (TPSA) is 41.6 Å². The van der Waals surface area contributed by atoms with Gasteiger partial charge in [0.2, 0.25) is 0 Å². The van der Waals surface area contributed by atoms with Crippen LogP contribution in [0.15, 0.2) is 24.3 Å². The summed E-state index contributed by atoms with van der Waals surface area (Å²) >= 11 is 6.27. The third-order valence-electron chi connectivity index (χ3n) is 4.45. The molecule has 1 amide bonds. The fourth-order valence-electron chi connectivity index (χ4n) is 3.24. The molecule has 4 nitrogen and oxygen atoms in total. The van der Waals surface area contributed by atoms with Gasteiger partial charge in [0.1, 0.15) is 6.61 Å². The normalized spacial score (nSPS) is 30.4. The van der Waals surface area contributed by atoms with Crippen LogP contribution in [0.5, 0.6) is 0 Å². The van der Waals surface area contributed by atoms with Crippen molar-refractivity contribution in [1.82, 2.24) is 5.32 Å². The van der Waals surface area contributed by atoms with E-state index < -0.39 is 0 Å². The van der Waals surface area contributed by atoms with Crippen molar-refractivity contribution >= 4 is 23.4 Å². The van der Waals surface area contributed by atoms with E-state index in [1.165, 1.54) is 0 Å². The SMILES string of the molecule is CC1(C2CCCNC2)COC(=O)N1c1ccccc1Cl. The number of piperidine rings is 1. The van der Waals surface area contributed by atoms with Crippen molar-refractivity contribution in [3.8, 4) is 0 Å². The number of nitrogens with zero attached hydrogens (tertiary/aromatic N) is 1. The number of rotatable bonds is 2. The maximum atomic E-state index is 12.2. The summed E-state index contributed by atoms with van der Waals surface area (Å²) in [7, 11) is 0. The Morgan fingerprint density at radius 2 is 2.25 bits per heavy atom. The van der Waals surface area contributed by atoms with E-state index in [1.807, 2.05) is 24.3 Å². The van der Waals surface area contributed by atoms with Gasteiger partial charge >= 0.3 is 6.09 Å². The molecule has 0 saturated carbocycles. The average molecular weight is 295 g/mol. The highest BCUT2D eigenvalue weighted by Gasteiger charge is 2.50. The minimum absolute atomic E-state index is 0.300. The van der Waals surface area contributed by atoms with Gasteiger partial charge in [-0.1, -0.05) is 23.7 Å². The van der Waals surface area contributed by atoms with E-state index in [9.17, 15) is 4.79 Å².